The Morgan fingerprint density at radius 3 is 2.36 bits per heavy atom. The van der Waals surface area contributed by atoms with Crippen molar-refractivity contribution in [3.63, 3.8) is 0 Å². The SMILES string of the molecule is Cn1nc(C2CCC(=O)NC2=O)c2ccc(C3CCN(CCCS(=O)(=O)N4CCC(Nc5ncc(C(F)(F)F)cn5)CC4)CC3)cc21. The molecule has 3 fully saturated rings. The van der Waals surface area contributed by atoms with Gasteiger partial charge in [0.05, 0.1) is 28.4 Å². The zero-order valence-electron chi connectivity index (χ0n) is 26.2. The average molecular weight is 677 g/mol. The molecule has 1 atom stereocenters. The third-order valence-corrected chi connectivity index (χ3v) is 11.5. The van der Waals surface area contributed by atoms with Crippen molar-refractivity contribution in [2.24, 2.45) is 7.05 Å². The third kappa shape index (κ3) is 7.59. The van der Waals surface area contributed by atoms with Crippen molar-refractivity contribution in [2.75, 3.05) is 43.8 Å². The number of aromatic nitrogens is 4. The van der Waals surface area contributed by atoms with Gasteiger partial charge in [-0.15, -0.1) is 0 Å². The van der Waals surface area contributed by atoms with Gasteiger partial charge in [0.2, 0.25) is 27.8 Å². The normalized spacial score (nSPS) is 21.3. The summed E-state index contributed by atoms with van der Waals surface area (Å²) in [6, 6.07) is 6.18. The number of carbonyl (C=O) groups excluding carboxylic acids is 2. The maximum atomic E-state index is 13.0. The zero-order chi connectivity index (χ0) is 33.3. The maximum Gasteiger partial charge on any atom is 0.419 e. The van der Waals surface area contributed by atoms with Crippen LogP contribution in [0.4, 0.5) is 19.1 Å². The number of aryl methyl sites for hydroxylation is 1. The first-order valence-electron chi connectivity index (χ1n) is 16.0. The van der Waals surface area contributed by atoms with E-state index in [0.29, 0.717) is 63.4 Å². The minimum atomic E-state index is -4.50. The Labute approximate surface area is 271 Å². The van der Waals surface area contributed by atoms with Crippen LogP contribution in [0.1, 0.15) is 73.6 Å². The van der Waals surface area contributed by atoms with Gasteiger partial charge in [-0.1, -0.05) is 12.1 Å². The molecule has 3 aliphatic rings. The summed E-state index contributed by atoms with van der Waals surface area (Å²) >= 11 is 0. The van der Waals surface area contributed by atoms with Gasteiger partial charge in [0.15, 0.2) is 0 Å². The molecule has 254 valence electrons. The largest absolute Gasteiger partial charge is 0.419 e. The van der Waals surface area contributed by atoms with Gasteiger partial charge < -0.3 is 10.2 Å². The lowest BCUT2D eigenvalue weighted by Crippen LogP contribution is -2.44. The fourth-order valence-corrected chi connectivity index (χ4v) is 8.39. The fourth-order valence-electron chi connectivity index (χ4n) is 6.87. The molecule has 0 spiro atoms. The molecular formula is C31H39F3N8O4S. The van der Waals surface area contributed by atoms with Gasteiger partial charge in [0.1, 0.15) is 0 Å². The number of carbonyl (C=O) groups is 2. The van der Waals surface area contributed by atoms with Crippen LogP contribution in [0.15, 0.2) is 30.6 Å². The number of hydrogen-bond acceptors (Lipinski definition) is 9. The van der Waals surface area contributed by atoms with Gasteiger partial charge in [0, 0.05) is 50.4 Å². The second-order valence-corrected chi connectivity index (χ2v) is 14.8. The number of alkyl halides is 3. The summed E-state index contributed by atoms with van der Waals surface area (Å²) in [5.74, 6) is -0.437. The van der Waals surface area contributed by atoms with E-state index in [9.17, 15) is 31.2 Å². The molecule has 0 radical (unpaired) electrons. The van der Waals surface area contributed by atoms with Gasteiger partial charge in [-0.05, 0) is 75.7 Å². The highest BCUT2D eigenvalue weighted by Crippen LogP contribution is 2.34. The van der Waals surface area contributed by atoms with Crippen LogP contribution in [0, 0.1) is 0 Å². The quantitative estimate of drug-likeness (QED) is 0.326. The van der Waals surface area contributed by atoms with E-state index in [0.717, 1.165) is 49.2 Å². The Morgan fingerprint density at radius 1 is 1.00 bits per heavy atom. The Morgan fingerprint density at radius 2 is 1.70 bits per heavy atom. The molecule has 0 bridgehead atoms. The molecule has 2 amide bonds. The number of fused-ring (bicyclic) bond motifs is 1. The predicted octanol–water partition coefficient (Wildman–Crippen LogP) is 3.38. The van der Waals surface area contributed by atoms with Gasteiger partial charge in [-0.25, -0.2) is 22.7 Å². The first-order valence-corrected chi connectivity index (χ1v) is 17.6. The van der Waals surface area contributed by atoms with Crippen molar-refractivity contribution in [3.05, 3.63) is 47.4 Å². The minimum absolute atomic E-state index is 0.0692. The minimum Gasteiger partial charge on any atom is -0.351 e. The number of sulfonamides is 1. The molecule has 0 saturated carbocycles. The highest BCUT2D eigenvalue weighted by molar-refractivity contribution is 7.89. The smallest absolute Gasteiger partial charge is 0.351 e. The lowest BCUT2D eigenvalue weighted by molar-refractivity contribution is -0.138. The van der Waals surface area contributed by atoms with Crippen LogP contribution in [0.2, 0.25) is 0 Å². The summed E-state index contributed by atoms with van der Waals surface area (Å²) in [7, 11) is -1.55. The van der Waals surface area contributed by atoms with Crippen LogP contribution < -0.4 is 10.6 Å². The number of piperidine rings is 3. The topological polar surface area (TPSA) is 142 Å². The van der Waals surface area contributed by atoms with E-state index in [1.807, 2.05) is 13.1 Å². The van der Waals surface area contributed by atoms with Crippen molar-refractivity contribution >= 4 is 38.7 Å². The van der Waals surface area contributed by atoms with E-state index >= 15 is 0 Å². The van der Waals surface area contributed by atoms with E-state index in [1.54, 1.807) is 4.68 Å². The second-order valence-electron chi connectivity index (χ2n) is 12.7. The van der Waals surface area contributed by atoms with Gasteiger partial charge >= 0.3 is 6.18 Å². The number of halogens is 3. The number of hydrogen-bond donors (Lipinski definition) is 2. The standard InChI is InChI=1S/C31H39F3N8O4S/c1-40-26-17-21(3-4-24(26)28(39-40)25-5-6-27(43)38-29(25)44)20-7-12-41(13-8-20)11-2-16-47(45,46)42-14-9-23(10-15-42)37-30-35-18-22(19-36-30)31(32,33)34/h3-4,17-20,23,25H,2,5-16H2,1H3,(H,35,36,37)(H,38,43,44). The number of imide groups is 1. The summed E-state index contributed by atoms with van der Waals surface area (Å²) in [4.78, 5) is 33.9. The molecule has 3 aliphatic heterocycles. The molecule has 3 saturated heterocycles. The summed E-state index contributed by atoms with van der Waals surface area (Å²) in [6.45, 7) is 3.12. The second kappa shape index (κ2) is 13.5. The van der Waals surface area contributed by atoms with Gasteiger partial charge in [-0.3, -0.25) is 19.6 Å². The van der Waals surface area contributed by atoms with E-state index in [2.05, 4.69) is 42.7 Å². The number of likely N-dealkylation sites (tertiary alicyclic amines) is 1. The van der Waals surface area contributed by atoms with Crippen LogP contribution in [0.3, 0.4) is 0 Å². The molecule has 16 heteroatoms. The average Bonchev–Trinajstić information content (AvgIpc) is 3.36. The van der Waals surface area contributed by atoms with E-state index in [-0.39, 0.29) is 29.6 Å². The fraction of sp³-hybridized carbons (Fsp3) is 0.581. The number of benzene rings is 1. The molecular weight excluding hydrogens is 637 g/mol. The number of nitrogens with one attached hydrogen (secondary N) is 2. The van der Waals surface area contributed by atoms with E-state index in [1.165, 1.54) is 9.87 Å². The maximum absolute atomic E-state index is 13.0. The first-order chi connectivity index (χ1) is 22.4. The number of amides is 2. The lowest BCUT2D eigenvalue weighted by Gasteiger charge is -2.33. The summed E-state index contributed by atoms with van der Waals surface area (Å²) in [5, 5.41) is 11.0. The van der Waals surface area contributed by atoms with Crippen molar-refractivity contribution in [3.8, 4) is 0 Å². The monoisotopic (exact) mass is 676 g/mol. The highest BCUT2D eigenvalue weighted by atomic mass is 32.2. The molecule has 47 heavy (non-hydrogen) atoms. The summed E-state index contributed by atoms with van der Waals surface area (Å²) < 4.78 is 67.6. The number of anilines is 1. The molecule has 3 aromatic rings. The highest BCUT2D eigenvalue weighted by Gasteiger charge is 2.33. The lowest BCUT2D eigenvalue weighted by atomic mass is 9.88. The van der Waals surface area contributed by atoms with Crippen LogP contribution >= 0.6 is 0 Å². The molecule has 6 rings (SSSR count). The number of nitrogens with zero attached hydrogens (tertiary/aromatic N) is 6. The molecule has 5 heterocycles. The van der Waals surface area contributed by atoms with Crippen molar-refractivity contribution < 1.29 is 31.2 Å². The predicted molar refractivity (Wildman–Crippen MR) is 168 cm³/mol. The van der Waals surface area contributed by atoms with E-state index < -0.39 is 27.7 Å². The van der Waals surface area contributed by atoms with Crippen molar-refractivity contribution in [1.82, 2.24) is 34.3 Å². The Bertz CT molecular complexity index is 1710. The van der Waals surface area contributed by atoms with Crippen molar-refractivity contribution in [1.29, 1.82) is 0 Å². The first kappa shape index (κ1) is 33.3. The molecule has 12 nitrogen and oxygen atoms in total. The van der Waals surface area contributed by atoms with Crippen LogP contribution in [-0.4, -0.2) is 93.7 Å². The van der Waals surface area contributed by atoms with Crippen LogP contribution in [0.5, 0.6) is 0 Å². The molecule has 2 N–H and O–H groups in total. The van der Waals surface area contributed by atoms with Crippen LogP contribution in [0.25, 0.3) is 10.9 Å². The third-order valence-electron chi connectivity index (χ3n) is 9.57. The Balaban J connectivity index is 0.943. The molecule has 0 aliphatic carbocycles. The summed E-state index contributed by atoms with van der Waals surface area (Å²) in [5.41, 5.74) is 1.97. The molecule has 2 aromatic heterocycles. The van der Waals surface area contributed by atoms with Crippen LogP contribution in [-0.2, 0) is 32.8 Å². The van der Waals surface area contributed by atoms with Gasteiger partial charge in [0.25, 0.3) is 0 Å². The molecule has 1 unspecified atom stereocenters. The summed E-state index contributed by atoms with van der Waals surface area (Å²) in [6.07, 6.45) is 1.22. The zero-order valence-corrected chi connectivity index (χ0v) is 27.0. The number of rotatable bonds is 9. The molecule has 1 aromatic carbocycles. The Kier molecular flexibility index (Phi) is 9.54. The van der Waals surface area contributed by atoms with E-state index in [4.69, 9.17) is 0 Å². The van der Waals surface area contributed by atoms with Gasteiger partial charge in [-0.2, -0.15) is 18.3 Å². The Hall–Kier alpha value is -3.63. The van der Waals surface area contributed by atoms with Crippen molar-refractivity contribution in [2.45, 2.75) is 69.0 Å².